The maximum atomic E-state index is 12.3. The Kier molecular flexibility index (Phi) is 4.82. The number of alkyl halides is 3. The van der Waals surface area contributed by atoms with Gasteiger partial charge in [-0.3, -0.25) is 14.6 Å². The summed E-state index contributed by atoms with van der Waals surface area (Å²) < 4.78 is 36.8. The van der Waals surface area contributed by atoms with Gasteiger partial charge >= 0.3 is 6.18 Å². The molecule has 1 saturated heterocycles. The van der Waals surface area contributed by atoms with Crippen LogP contribution in [0.5, 0.6) is 0 Å². The van der Waals surface area contributed by atoms with Crippen LogP contribution in [0.1, 0.15) is 14.5 Å². The molecular weight excluding hydrogens is 289 g/mol. The summed E-state index contributed by atoms with van der Waals surface area (Å²) in [5, 5.41) is 0. The highest BCUT2D eigenvalue weighted by Gasteiger charge is 2.32. The van der Waals surface area contributed by atoms with E-state index in [4.69, 9.17) is 0 Å². The van der Waals surface area contributed by atoms with Gasteiger partial charge in [-0.2, -0.15) is 13.2 Å². The second-order valence-corrected chi connectivity index (χ2v) is 6.29. The molecule has 0 aliphatic carbocycles. The summed E-state index contributed by atoms with van der Waals surface area (Å²) in [7, 11) is 0. The van der Waals surface area contributed by atoms with Crippen LogP contribution in [-0.2, 0) is 0 Å². The maximum absolute atomic E-state index is 12.3. The first-order valence-electron chi connectivity index (χ1n) is 6.44. The van der Waals surface area contributed by atoms with E-state index >= 15 is 0 Å². The van der Waals surface area contributed by atoms with Gasteiger partial charge < -0.3 is 0 Å². The van der Waals surface area contributed by atoms with Crippen molar-refractivity contribution in [3.63, 3.8) is 0 Å². The molecule has 0 atom stereocenters. The lowest BCUT2D eigenvalue weighted by Gasteiger charge is -2.34. The number of nitrogens with zero attached hydrogens (tertiary/aromatic N) is 2. The van der Waals surface area contributed by atoms with Gasteiger partial charge in [0.15, 0.2) is 5.78 Å². The Morgan fingerprint density at radius 3 is 2.30 bits per heavy atom. The number of carbonyl (C=O) groups is 1. The Hall–Kier alpha value is -0.920. The number of ketones is 1. The highest BCUT2D eigenvalue weighted by molar-refractivity contribution is 7.14. The van der Waals surface area contributed by atoms with Crippen LogP contribution in [-0.4, -0.2) is 61.0 Å². The van der Waals surface area contributed by atoms with Crippen molar-refractivity contribution < 1.29 is 18.0 Å². The van der Waals surface area contributed by atoms with Gasteiger partial charge in [0.25, 0.3) is 0 Å². The lowest BCUT2D eigenvalue weighted by molar-refractivity contribution is -0.149. The summed E-state index contributed by atoms with van der Waals surface area (Å²) in [5.74, 6) is 0.0485. The van der Waals surface area contributed by atoms with Crippen molar-refractivity contribution in [2.45, 2.75) is 13.1 Å². The van der Waals surface area contributed by atoms with Crippen molar-refractivity contribution in [1.29, 1.82) is 0 Å². The lowest BCUT2D eigenvalue weighted by atomic mass is 10.2. The number of Topliss-reactive ketones (excluding diaryl/α,β-unsaturated/α-hetero) is 1. The molecule has 0 unspecified atom stereocenters. The number of hydrogen-bond donors (Lipinski definition) is 0. The number of aryl methyl sites for hydroxylation is 1. The smallest absolute Gasteiger partial charge is 0.293 e. The van der Waals surface area contributed by atoms with Crippen LogP contribution in [0.15, 0.2) is 12.1 Å². The Morgan fingerprint density at radius 1 is 1.20 bits per heavy atom. The van der Waals surface area contributed by atoms with E-state index in [0.717, 1.165) is 9.75 Å². The topological polar surface area (TPSA) is 23.6 Å². The average Bonchev–Trinajstić information content (AvgIpc) is 2.77. The molecule has 1 aliphatic rings. The zero-order valence-corrected chi connectivity index (χ0v) is 12.1. The van der Waals surface area contributed by atoms with Gasteiger partial charge in [-0.05, 0) is 19.1 Å². The summed E-state index contributed by atoms with van der Waals surface area (Å²) in [6.45, 7) is 3.10. The Labute approximate surface area is 120 Å². The van der Waals surface area contributed by atoms with Gasteiger partial charge in [0.05, 0.1) is 18.0 Å². The van der Waals surface area contributed by atoms with Crippen LogP contribution in [0.2, 0.25) is 0 Å². The van der Waals surface area contributed by atoms with Crippen LogP contribution in [0.25, 0.3) is 0 Å². The molecule has 0 aromatic carbocycles. The first kappa shape index (κ1) is 15.5. The molecule has 0 radical (unpaired) electrons. The minimum Gasteiger partial charge on any atom is -0.293 e. The van der Waals surface area contributed by atoms with E-state index in [1.807, 2.05) is 24.0 Å². The molecule has 3 nitrogen and oxygen atoms in total. The molecule has 1 aromatic heterocycles. The highest BCUT2D eigenvalue weighted by Crippen LogP contribution is 2.18. The van der Waals surface area contributed by atoms with Crippen LogP contribution in [0.3, 0.4) is 0 Å². The lowest BCUT2D eigenvalue weighted by Crippen LogP contribution is -2.50. The van der Waals surface area contributed by atoms with Crippen molar-refractivity contribution in [2.24, 2.45) is 0 Å². The second kappa shape index (κ2) is 6.24. The third kappa shape index (κ3) is 4.57. The molecule has 1 fully saturated rings. The molecule has 2 rings (SSSR count). The van der Waals surface area contributed by atoms with E-state index < -0.39 is 12.7 Å². The van der Waals surface area contributed by atoms with Crippen LogP contribution in [0, 0.1) is 6.92 Å². The highest BCUT2D eigenvalue weighted by atomic mass is 32.1. The molecule has 7 heteroatoms. The monoisotopic (exact) mass is 306 g/mol. The summed E-state index contributed by atoms with van der Waals surface area (Å²) in [6.07, 6.45) is -4.15. The number of halogens is 3. The minimum absolute atomic E-state index is 0.0485. The van der Waals surface area contributed by atoms with Gasteiger partial charge in [0.2, 0.25) is 0 Å². The largest absolute Gasteiger partial charge is 0.401 e. The fourth-order valence-corrected chi connectivity index (χ4v) is 3.02. The predicted octanol–water partition coefficient (Wildman–Crippen LogP) is 2.42. The number of thiophene rings is 1. The van der Waals surface area contributed by atoms with Gasteiger partial charge in [-0.1, -0.05) is 0 Å². The third-order valence-electron chi connectivity index (χ3n) is 3.25. The molecule has 0 spiro atoms. The zero-order valence-electron chi connectivity index (χ0n) is 11.2. The van der Waals surface area contributed by atoms with Gasteiger partial charge in [-0.15, -0.1) is 11.3 Å². The fraction of sp³-hybridized carbons (Fsp3) is 0.615. The summed E-state index contributed by atoms with van der Waals surface area (Å²) in [4.78, 5) is 17.1. The van der Waals surface area contributed by atoms with E-state index in [9.17, 15) is 18.0 Å². The Bertz CT molecular complexity index is 464. The molecular formula is C13H17F3N2OS. The van der Waals surface area contributed by atoms with Crippen molar-refractivity contribution in [3.05, 3.63) is 21.9 Å². The van der Waals surface area contributed by atoms with Crippen molar-refractivity contribution in [2.75, 3.05) is 39.3 Å². The number of piperazine rings is 1. The molecule has 1 aromatic rings. The van der Waals surface area contributed by atoms with Crippen molar-refractivity contribution in [3.8, 4) is 0 Å². The quantitative estimate of drug-likeness (QED) is 0.798. The average molecular weight is 306 g/mol. The van der Waals surface area contributed by atoms with Crippen LogP contribution in [0.4, 0.5) is 13.2 Å². The normalized spacial score (nSPS) is 18.4. The number of carbonyl (C=O) groups excluding carboxylic acids is 1. The first-order chi connectivity index (χ1) is 9.33. The van der Waals surface area contributed by atoms with E-state index in [1.165, 1.54) is 16.2 Å². The van der Waals surface area contributed by atoms with E-state index in [1.54, 1.807) is 0 Å². The molecule has 0 bridgehead atoms. The first-order valence-corrected chi connectivity index (χ1v) is 7.26. The third-order valence-corrected chi connectivity index (χ3v) is 4.29. The van der Waals surface area contributed by atoms with E-state index in [2.05, 4.69) is 0 Å². The minimum atomic E-state index is -4.15. The fourth-order valence-electron chi connectivity index (χ4n) is 2.22. The van der Waals surface area contributed by atoms with Crippen LogP contribution < -0.4 is 0 Å². The standard InChI is InChI=1S/C13H17F3N2OS/c1-10-2-3-12(20-10)11(19)8-17-4-6-18(7-5-17)9-13(14,15)16/h2-3H,4-9H2,1H3. The Morgan fingerprint density at radius 2 is 1.80 bits per heavy atom. The SMILES string of the molecule is Cc1ccc(C(=O)CN2CCN(CC(F)(F)F)CC2)s1. The molecule has 0 amide bonds. The molecule has 1 aliphatic heterocycles. The summed E-state index contributed by atoms with van der Waals surface area (Å²) >= 11 is 1.46. The van der Waals surface area contributed by atoms with Crippen molar-refractivity contribution in [1.82, 2.24) is 9.80 Å². The zero-order chi connectivity index (χ0) is 14.8. The van der Waals surface area contributed by atoms with Crippen molar-refractivity contribution >= 4 is 17.1 Å². The van der Waals surface area contributed by atoms with Gasteiger partial charge in [0.1, 0.15) is 0 Å². The Balaban J connectivity index is 1.78. The predicted molar refractivity (Wildman–Crippen MR) is 72.3 cm³/mol. The van der Waals surface area contributed by atoms with Crippen LogP contribution >= 0.6 is 11.3 Å². The summed E-state index contributed by atoms with van der Waals surface area (Å²) in [6, 6.07) is 3.71. The maximum Gasteiger partial charge on any atom is 0.401 e. The second-order valence-electron chi connectivity index (χ2n) is 5.00. The molecule has 2 heterocycles. The molecule has 0 saturated carbocycles. The molecule has 112 valence electrons. The number of rotatable bonds is 4. The van der Waals surface area contributed by atoms with Gasteiger partial charge in [0, 0.05) is 31.1 Å². The number of hydrogen-bond acceptors (Lipinski definition) is 4. The summed E-state index contributed by atoms with van der Waals surface area (Å²) in [5.41, 5.74) is 0. The van der Waals surface area contributed by atoms with E-state index in [-0.39, 0.29) is 5.78 Å². The van der Waals surface area contributed by atoms with E-state index in [0.29, 0.717) is 32.7 Å². The molecule has 20 heavy (non-hydrogen) atoms. The van der Waals surface area contributed by atoms with Gasteiger partial charge in [-0.25, -0.2) is 0 Å². The molecule has 0 N–H and O–H groups in total.